The minimum absolute atomic E-state index is 0.0281. The summed E-state index contributed by atoms with van der Waals surface area (Å²) in [5.41, 5.74) is 0.963. The minimum Gasteiger partial charge on any atom is -0.469 e. The quantitative estimate of drug-likeness (QED) is 0.564. The van der Waals surface area contributed by atoms with Crippen molar-refractivity contribution < 1.29 is 28.5 Å². The van der Waals surface area contributed by atoms with Crippen LogP contribution in [0.5, 0.6) is 0 Å². The summed E-state index contributed by atoms with van der Waals surface area (Å²) < 4.78 is 19.8. The highest BCUT2D eigenvalue weighted by atomic mass is 16.7. The number of hydrogen-bond acceptors (Lipinski definition) is 6. The first-order valence-electron chi connectivity index (χ1n) is 5.78. The molecule has 0 saturated carbocycles. The summed E-state index contributed by atoms with van der Waals surface area (Å²) in [4.78, 5) is 23.2. The maximum Gasteiger partial charge on any atom is 0.337 e. The van der Waals surface area contributed by atoms with Crippen LogP contribution in [-0.4, -0.2) is 39.6 Å². The molecule has 0 aromatic heterocycles. The van der Waals surface area contributed by atoms with Crippen LogP contribution < -0.4 is 0 Å². The molecule has 0 saturated heterocycles. The van der Waals surface area contributed by atoms with Gasteiger partial charge in [0.2, 0.25) is 6.29 Å². The van der Waals surface area contributed by atoms with Gasteiger partial charge in [-0.25, -0.2) is 4.79 Å². The third-order valence-electron chi connectivity index (χ3n) is 2.94. The van der Waals surface area contributed by atoms with Crippen molar-refractivity contribution in [2.75, 3.05) is 21.3 Å². The average molecular weight is 270 g/mol. The molecule has 19 heavy (non-hydrogen) atoms. The predicted octanol–water partition coefficient (Wildman–Crippen LogP) is 1.17. The van der Waals surface area contributed by atoms with E-state index in [1.54, 1.807) is 13.0 Å². The zero-order valence-electron chi connectivity index (χ0n) is 11.5. The van der Waals surface area contributed by atoms with Gasteiger partial charge in [-0.1, -0.05) is 6.08 Å². The Hall–Kier alpha value is -1.82. The number of ether oxygens (including phenoxy) is 4. The highest BCUT2D eigenvalue weighted by Gasteiger charge is 2.36. The zero-order chi connectivity index (χ0) is 14.4. The van der Waals surface area contributed by atoms with Gasteiger partial charge in [-0.15, -0.1) is 0 Å². The fourth-order valence-corrected chi connectivity index (χ4v) is 1.95. The third kappa shape index (κ3) is 3.35. The summed E-state index contributed by atoms with van der Waals surface area (Å²) in [6.45, 7) is 1.79. The van der Waals surface area contributed by atoms with E-state index in [0.29, 0.717) is 5.57 Å². The van der Waals surface area contributed by atoms with Gasteiger partial charge in [0.25, 0.3) is 0 Å². The first-order chi connectivity index (χ1) is 9.08. The number of rotatable bonds is 4. The molecule has 0 aromatic carbocycles. The highest BCUT2D eigenvalue weighted by molar-refractivity contribution is 5.90. The highest BCUT2D eigenvalue weighted by Crippen LogP contribution is 2.33. The number of hydrogen-bond donors (Lipinski definition) is 0. The van der Waals surface area contributed by atoms with E-state index < -0.39 is 24.1 Å². The fraction of sp³-hybridized carbons (Fsp3) is 0.538. The molecule has 0 fully saturated rings. The summed E-state index contributed by atoms with van der Waals surface area (Å²) in [5.74, 6) is -1.43. The summed E-state index contributed by atoms with van der Waals surface area (Å²) in [5, 5.41) is 0. The van der Waals surface area contributed by atoms with Crippen molar-refractivity contribution in [2.45, 2.75) is 19.6 Å². The van der Waals surface area contributed by atoms with E-state index in [1.165, 1.54) is 27.6 Å². The summed E-state index contributed by atoms with van der Waals surface area (Å²) in [6.07, 6.45) is 2.45. The van der Waals surface area contributed by atoms with Crippen molar-refractivity contribution in [3.05, 3.63) is 23.5 Å². The third-order valence-corrected chi connectivity index (χ3v) is 2.94. The lowest BCUT2D eigenvalue weighted by molar-refractivity contribution is -0.142. The van der Waals surface area contributed by atoms with Gasteiger partial charge in [-0.2, -0.15) is 0 Å². The van der Waals surface area contributed by atoms with Gasteiger partial charge in [0.05, 0.1) is 32.5 Å². The molecule has 1 aliphatic heterocycles. The monoisotopic (exact) mass is 270 g/mol. The number of methoxy groups -OCH3 is 3. The number of allylic oxidation sites excluding steroid dienone is 1. The normalized spacial score (nSPS) is 24.4. The van der Waals surface area contributed by atoms with Gasteiger partial charge in [0.1, 0.15) is 0 Å². The van der Waals surface area contributed by atoms with Crippen LogP contribution in [0.25, 0.3) is 0 Å². The van der Waals surface area contributed by atoms with E-state index in [0.717, 1.165) is 0 Å². The molecule has 0 unspecified atom stereocenters. The predicted molar refractivity (Wildman–Crippen MR) is 65.9 cm³/mol. The average Bonchev–Trinajstić information content (AvgIpc) is 2.45. The van der Waals surface area contributed by atoms with Crippen LogP contribution in [0, 0.1) is 5.92 Å². The molecular weight excluding hydrogens is 252 g/mol. The molecule has 0 aliphatic carbocycles. The van der Waals surface area contributed by atoms with Crippen LogP contribution >= 0.6 is 0 Å². The summed E-state index contributed by atoms with van der Waals surface area (Å²) >= 11 is 0. The minimum atomic E-state index is -0.618. The van der Waals surface area contributed by atoms with Crippen LogP contribution in [0.2, 0.25) is 0 Å². The standard InChI is InChI=1S/C13H18O6/c1-5-8-9(6-11(14)16-2)10(12(15)17-3)7-19-13(8)18-4/h5,7,9,13H,6H2,1-4H3/t9-,13-/m0/s1. The lowest BCUT2D eigenvalue weighted by Crippen LogP contribution is -2.32. The number of carbonyl (C=O) groups excluding carboxylic acids is 2. The Morgan fingerprint density at radius 2 is 2.00 bits per heavy atom. The Morgan fingerprint density at radius 3 is 2.47 bits per heavy atom. The van der Waals surface area contributed by atoms with Gasteiger partial charge < -0.3 is 18.9 Å². The van der Waals surface area contributed by atoms with Gasteiger partial charge in [0, 0.05) is 18.6 Å². The van der Waals surface area contributed by atoms with Gasteiger partial charge in [0.15, 0.2) is 0 Å². The Kier molecular flexibility index (Phi) is 5.57. The Bertz CT molecular complexity index is 409. The SMILES string of the molecule is CC=C1[C@@H](OC)OC=C(C(=O)OC)[C@H]1CC(=O)OC. The summed E-state index contributed by atoms with van der Waals surface area (Å²) in [7, 11) is 4.06. The van der Waals surface area contributed by atoms with Crippen molar-refractivity contribution in [3.8, 4) is 0 Å². The molecule has 0 N–H and O–H groups in total. The van der Waals surface area contributed by atoms with Crippen LogP contribution in [-0.2, 0) is 28.5 Å². The molecule has 0 aromatic rings. The van der Waals surface area contributed by atoms with Crippen molar-refractivity contribution in [2.24, 2.45) is 5.92 Å². The number of carbonyl (C=O) groups is 2. The molecule has 1 heterocycles. The number of esters is 2. The van der Waals surface area contributed by atoms with Crippen LogP contribution in [0.4, 0.5) is 0 Å². The topological polar surface area (TPSA) is 71.1 Å². The first-order valence-corrected chi connectivity index (χ1v) is 5.78. The molecule has 6 heteroatoms. The molecule has 1 rings (SSSR count). The van der Waals surface area contributed by atoms with Crippen LogP contribution in [0.15, 0.2) is 23.5 Å². The van der Waals surface area contributed by atoms with Crippen molar-refractivity contribution in [1.82, 2.24) is 0 Å². The van der Waals surface area contributed by atoms with E-state index in [4.69, 9.17) is 9.47 Å². The largest absolute Gasteiger partial charge is 0.469 e. The smallest absolute Gasteiger partial charge is 0.337 e. The van der Waals surface area contributed by atoms with E-state index in [2.05, 4.69) is 9.47 Å². The van der Waals surface area contributed by atoms with Crippen molar-refractivity contribution in [3.63, 3.8) is 0 Å². The molecule has 2 atom stereocenters. The molecule has 0 amide bonds. The molecule has 1 aliphatic rings. The van der Waals surface area contributed by atoms with Gasteiger partial charge >= 0.3 is 11.9 Å². The maximum atomic E-state index is 11.7. The maximum absolute atomic E-state index is 11.7. The molecule has 0 radical (unpaired) electrons. The van der Waals surface area contributed by atoms with Crippen LogP contribution in [0.1, 0.15) is 13.3 Å². The van der Waals surface area contributed by atoms with Crippen molar-refractivity contribution in [1.29, 1.82) is 0 Å². The lowest BCUT2D eigenvalue weighted by atomic mass is 9.86. The summed E-state index contributed by atoms with van der Waals surface area (Å²) in [6, 6.07) is 0. The Labute approximate surface area is 112 Å². The van der Waals surface area contributed by atoms with Gasteiger partial charge in [-0.3, -0.25) is 4.79 Å². The second-order valence-corrected chi connectivity index (χ2v) is 3.89. The van der Waals surface area contributed by atoms with Gasteiger partial charge in [-0.05, 0) is 6.92 Å². The molecular formula is C13H18O6. The second kappa shape index (κ2) is 6.94. The molecule has 0 bridgehead atoms. The molecule has 0 spiro atoms. The van der Waals surface area contributed by atoms with E-state index in [9.17, 15) is 9.59 Å². The van der Waals surface area contributed by atoms with E-state index in [-0.39, 0.29) is 12.0 Å². The van der Waals surface area contributed by atoms with E-state index >= 15 is 0 Å². The van der Waals surface area contributed by atoms with E-state index in [1.807, 2.05) is 0 Å². The Morgan fingerprint density at radius 1 is 1.32 bits per heavy atom. The second-order valence-electron chi connectivity index (χ2n) is 3.89. The molecule has 106 valence electrons. The zero-order valence-corrected chi connectivity index (χ0v) is 11.5. The lowest BCUT2D eigenvalue weighted by Gasteiger charge is -2.30. The fourth-order valence-electron chi connectivity index (χ4n) is 1.95. The van der Waals surface area contributed by atoms with Crippen molar-refractivity contribution >= 4 is 11.9 Å². The molecule has 6 nitrogen and oxygen atoms in total. The Balaban J connectivity index is 3.10. The first kappa shape index (κ1) is 15.2. The van der Waals surface area contributed by atoms with Crippen LogP contribution in [0.3, 0.4) is 0 Å².